The van der Waals surface area contributed by atoms with Gasteiger partial charge in [0.15, 0.2) is 0 Å². The third kappa shape index (κ3) is 10.3. The van der Waals surface area contributed by atoms with E-state index in [1.54, 1.807) is 12.2 Å². The van der Waals surface area contributed by atoms with Crippen LogP contribution in [0.2, 0.25) is 0 Å². The van der Waals surface area contributed by atoms with Gasteiger partial charge in [0.1, 0.15) is 0 Å². The zero-order valence-electron chi connectivity index (χ0n) is 19.2. The molecule has 0 heteroatoms. The molecule has 0 aromatic heterocycles. The summed E-state index contributed by atoms with van der Waals surface area (Å²) in [7, 11) is 0. The maximum atomic E-state index is 3.14. The lowest BCUT2D eigenvalue weighted by atomic mass is 10.0. The molecule has 0 amide bonds. The van der Waals surface area contributed by atoms with Crippen molar-refractivity contribution in [3.8, 4) is 58.5 Å². The van der Waals surface area contributed by atoms with Crippen LogP contribution in [-0.2, 0) is 0 Å². The normalized spacial score (nSPS) is 9.69. The van der Waals surface area contributed by atoms with Crippen molar-refractivity contribution in [3.05, 3.63) is 84.0 Å². The van der Waals surface area contributed by atoms with Crippen molar-refractivity contribution >= 4 is 0 Å². The van der Waals surface area contributed by atoms with Crippen molar-refractivity contribution in [1.82, 2.24) is 0 Å². The molecule has 0 radical (unpaired) electrons. The molecule has 0 spiro atoms. The number of allylic oxidation sites excluding steroid dienone is 4. The van der Waals surface area contributed by atoms with Crippen molar-refractivity contribution in [2.75, 3.05) is 0 Å². The molecule has 0 saturated heterocycles. The average Bonchev–Trinajstić information content (AvgIpc) is 2.83. The van der Waals surface area contributed by atoms with Crippen LogP contribution in [0.15, 0.2) is 72.8 Å². The van der Waals surface area contributed by atoms with E-state index >= 15 is 0 Å². The van der Waals surface area contributed by atoms with E-state index in [4.69, 9.17) is 0 Å². The lowest BCUT2D eigenvalue weighted by Crippen LogP contribution is -1.80. The number of benzene rings is 2. The van der Waals surface area contributed by atoms with Crippen LogP contribution in [0.25, 0.3) is 11.1 Å². The van der Waals surface area contributed by atoms with Crippen molar-refractivity contribution < 1.29 is 0 Å². The van der Waals surface area contributed by atoms with E-state index in [9.17, 15) is 0 Å². The maximum Gasteiger partial charge on any atom is 0.0249 e. The van der Waals surface area contributed by atoms with Gasteiger partial charge in [0.25, 0.3) is 0 Å². The van der Waals surface area contributed by atoms with Crippen LogP contribution in [0.5, 0.6) is 0 Å². The summed E-state index contributed by atoms with van der Waals surface area (Å²) in [5.74, 6) is 24.6. The SMILES string of the molecule is CCCCC#C/C=C/C#Cc1ccc(-c2ccc(C#C/C=C/C#CCCCC)cc2)cc1. The highest BCUT2D eigenvalue weighted by molar-refractivity contribution is 5.65. The average molecular weight is 415 g/mol. The lowest BCUT2D eigenvalue weighted by Gasteiger charge is -2.02. The Hall–Kier alpha value is -3.84. The van der Waals surface area contributed by atoms with Gasteiger partial charge in [-0.05, 0) is 72.5 Å². The first-order chi connectivity index (χ1) is 15.8. The molecule has 0 aliphatic rings. The molecule has 2 aromatic rings. The zero-order chi connectivity index (χ0) is 22.7. The Morgan fingerprint density at radius 2 is 0.906 bits per heavy atom. The number of hydrogen-bond acceptors (Lipinski definition) is 0. The van der Waals surface area contributed by atoms with Crippen LogP contribution in [-0.4, -0.2) is 0 Å². The molecule has 2 rings (SSSR count). The second-order valence-electron chi connectivity index (χ2n) is 7.21. The van der Waals surface area contributed by atoms with Gasteiger partial charge in [-0.1, -0.05) is 98.3 Å². The molecule has 0 fully saturated rings. The molecular weight excluding hydrogens is 384 g/mol. The zero-order valence-corrected chi connectivity index (χ0v) is 19.2. The Labute approximate surface area is 194 Å². The minimum absolute atomic E-state index is 0.953. The topological polar surface area (TPSA) is 0 Å². The van der Waals surface area contributed by atoms with E-state index in [2.05, 4.69) is 85.5 Å². The molecule has 0 unspecified atom stereocenters. The second-order valence-corrected chi connectivity index (χ2v) is 7.21. The first-order valence-corrected chi connectivity index (χ1v) is 11.3. The largest absolute Gasteiger partial charge is 0.0985 e. The van der Waals surface area contributed by atoms with Gasteiger partial charge in [-0.2, -0.15) is 0 Å². The van der Waals surface area contributed by atoms with Crippen LogP contribution >= 0.6 is 0 Å². The molecule has 0 saturated carbocycles. The summed E-state index contributed by atoms with van der Waals surface area (Å²) in [5, 5.41) is 0. The number of unbranched alkanes of at least 4 members (excludes halogenated alkanes) is 4. The van der Waals surface area contributed by atoms with Gasteiger partial charge < -0.3 is 0 Å². The predicted molar refractivity (Wildman–Crippen MR) is 139 cm³/mol. The molecule has 0 heterocycles. The van der Waals surface area contributed by atoms with Gasteiger partial charge in [0.05, 0.1) is 0 Å². The van der Waals surface area contributed by atoms with E-state index in [0.29, 0.717) is 0 Å². The molecule has 0 nitrogen and oxygen atoms in total. The monoisotopic (exact) mass is 414 g/mol. The first-order valence-electron chi connectivity index (χ1n) is 11.3. The Morgan fingerprint density at radius 1 is 0.531 bits per heavy atom. The number of rotatable bonds is 5. The van der Waals surface area contributed by atoms with Crippen LogP contribution in [0.1, 0.15) is 63.5 Å². The standard InChI is InChI=1S/C32H30/c1-3-5-7-9-11-13-15-17-19-29-21-25-31(26-22-29)32-27-23-30(24-28-32)20-18-16-14-12-10-8-6-4-2/h13-16,21-28H,3-8H2,1-2H3/b15-13+,16-14+. The third-order valence-corrected chi connectivity index (χ3v) is 4.55. The molecule has 2 aromatic carbocycles. The molecule has 158 valence electrons. The summed E-state index contributed by atoms with van der Waals surface area (Å²) in [5.41, 5.74) is 4.30. The molecule has 0 atom stereocenters. The Morgan fingerprint density at radius 3 is 1.28 bits per heavy atom. The quantitative estimate of drug-likeness (QED) is 0.350. The van der Waals surface area contributed by atoms with Gasteiger partial charge in [0, 0.05) is 24.0 Å². The van der Waals surface area contributed by atoms with E-state index in [0.717, 1.165) is 47.9 Å². The van der Waals surface area contributed by atoms with Gasteiger partial charge in [0.2, 0.25) is 0 Å². The number of hydrogen-bond donors (Lipinski definition) is 0. The molecule has 0 N–H and O–H groups in total. The van der Waals surface area contributed by atoms with E-state index in [-0.39, 0.29) is 0 Å². The molecule has 0 aliphatic carbocycles. The van der Waals surface area contributed by atoms with Crippen molar-refractivity contribution in [2.24, 2.45) is 0 Å². The summed E-state index contributed by atoms with van der Waals surface area (Å²) in [6.45, 7) is 4.34. The molecule has 0 aliphatic heterocycles. The minimum atomic E-state index is 0.953. The fourth-order valence-corrected chi connectivity index (χ4v) is 2.70. The van der Waals surface area contributed by atoms with Crippen LogP contribution in [0, 0.1) is 47.4 Å². The Bertz CT molecular complexity index is 1030. The summed E-state index contributed by atoms with van der Waals surface area (Å²) in [4.78, 5) is 0. The van der Waals surface area contributed by atoms with Crippen LogP contribution < -0.4 is 0 Å². The van der Waals surface area contributed by atoms with Crippen molar-refractivity contribution in [2.45, 2.75) is 52.4 Å². The minimum Gasteiger partial charge on any atom is -0.0985 e. The molecular formula is C32H30. The van der Waals surface area contributed by atoms with Gasteiger partial charge in [-0.15, -0.1) is 0 Å². The van der Waals surface area contributed by atoms with Crippen molar-refractivity contribution in [3.63, 3.8) is 0 Å². The fraction of sp³-hybridized carbons (Fsp3) is 0.250. The highest BCUT2D eigenvalue weighted by Crippen LogP contribution is 2.20. The third-order valence-electron chi connectivity index (χ3n) is 4.55. The summed E-state index contributed by atoms with van der Waals surface area (Å²) < 4.78 is 0. The maximum absolute atomic E-state index is 3.14. The van der Waals surface area contributed by atoms with Crippen LogP contribution in [0.4, 0.5) is 0 Å². The fourth-order valence-electron chi connectivity index (χ4n) is 2.70. The van der Waals surface area contributed by atoms with Gasteiger partial charge in [-0.25, -0.2) is 0 Å². The molecule has 0 bridgehead atoms. The highest BCUT2D eigenvalue weighted by Gasteiger charge is 1.97. The van der Waals surface area contributed by atoms with Gasteiger partial charge in [-0.3, -0.25) is 0 Å². The van der Waals surface area contributed by atoms with E-state index in [1.807, 2.05) is 36.4 Å². The summed E-state index contributed by atoms with van der Waals surface area (Å²) >= 11 is 0. The van der Waals surface area contributed by atoms with E-state index in [1.165, 1.54) is 12.8 Å². The highest BCUT2D eigenvalue weighted by atomic mass is 14.0. The predicted octanol–water partition coefficient (Wildman–Crippen LogP) is 7.56. The lowest BCUT2D eigenvalue weighted by molar-refractivity contribution is 0.828. The second kappa shape index (κ2) is 15.9. The molecule has 32 heavy (non-hydrogen) atoms. The summed E-state index contributed by atoms with van der Waals surface area (Å²) in [6.07, 6.45) is 13.8. The van der Waals surface area contributed by atoms with Crippen molar-refractivity contribution in [1.29, 1.82) is 0 Å². The first kappa shape index (κ1) is 24.4. The Kier molecular flexibility index (Phi) is 12.2. The smallest absolute Gasteiger partial charge is 0.0249 e. The summed E-state index contributed by atoms with van der Waals surface area (Å²) in [6, 6.07) is 16.6. The van der Waals surface area contributed by atoms with Crippen LogP contribution in [0.3, 0.4) is 0 Å². The van der Waals surface area contributed by atoms with E-state index < -0.39 is 0 Å². The Balaban J connectivity index is 1.89. The van der Waals surface area contributed by atoms with Gasteiger partial charge >= 0.3 is 0 Å².